The van der Waals surface area contributed by atoms with E-state index >= 15 is 0 Å². The summed E-state index contributed by atoms with van der Waals surface area (Å²) in [5, 5.41) is 3.92. The maximum atomic E-state index is 12.2. The average molecular weight is 350 g/mol. The predicted octanol–water partition coefficient (Wildman–Crippen LogP) is -0.0944. The Morgan fingerprint density at radius 2 is 2.00 bits per heavy atom. The lowest BCUT2D eigenvalue weighted by molar-refractivity contribution is 0.575. The molecule has 1 aromatic rings. The van der Waals surface area contributed by atoms with E-state index in [1.165, 1.54) is 17.9 Å². The normalized spacial score (nSPS) is 15.9. The van der Waals surface area contributed by atoms with E-state index in [2.05, 4.69) is 9.82 Å². The third-order valence-electron chi connectivity index (χ3n) is 3.58. The summed E-state index contributed by atoms with van der Waals surface area (Å²) < 4.78 is 53.0. The Hall–Kier alpha value is -1.13. The maximum Gasteiger partial charge on any atom is 0.235 e. The van der Waals surface area contributed by atoms with E-state index in [-0.39, 0.29) is 17.9 Å². The van der Waals surface area contributed by atoms with Crippen LogP contribution in [-0.4, -0.2) is 51.7 Å². The Labute approximate surface area is 131 Å². The quantitative estimate of drug-likeness (QED) is 0.670. The molecule has 10 heteroatoms. The van der Waals surface area contributed by atoms with E-state index in [1.807, 2.05) is 0 Å². The highest BCUT2D eigenvalue weighted by molar-refractivity contribution is 7.93. The Bertz CT molecular complexity index is 707. The van der Waals surface area contributed by atoms with Crippen LogP contribution in [0.25, 0.3) is 0 Å². The SMILES string of the molecule is CN(c1cnn(C)c1)S(=O)(=O)CCCS(=O)(=O)NCC1CC1. The van der Waals surface area contributed by atoms with Gasteiger partial charge in [-0.2, -0.15) is 5.10 Å². The number of aryl methyl sites for hydroxylation is 1. The molecule has 0 amide bonds. The maximum absolute atomic E-state index is 12.2. The molecule has 1 aliphatic rings. The van der Waals surface area contributed by atoms with Gasteiger partial charge in [0, 0.05) is 26.8 Å². The minimum atomic E-state index is -3.55. The van der Waals surface area contributed by atoms with Gasteiger partial charge in [0.15, 0.2) is 0 Å². The van der Waals surface area contributed by atoms with Crippen molar-refractivity contribution < 1.29 is 16.8 Å². The molecule has 1 N–H and O–H groups in total. The number of anilines is 1. The van der Waals surface area contributed by atoms with Gasteiger partial charge in [0.25, 0.3) is 0 Å². The molecule has 0 aliphatic heterocycles. The number of nitrogens with one attached hydrogen (secondary N) is 1. The van der Waals surface area contributed by atoms with Crippen LogP contribution in [0.1, 0.15) is 19.3 Å². The van der Waals surface area contributed by atoms with E-state index in [4.69, 9.17) is 0 Å². The van der Waals surface area contributed by atoms with Crippen molar-refractivity contribution >= 4 is 25.7 Å². The Kier molecular flexibility index (Phi) is 5.13. The lowest BCUT2D eigenvalue weighted by atomic mass is 10.4. The first-order valence-corrected chi connectivity index (χ1v) is 10.4. The topological polar surface area (TPSA) is 101 Å². The van der Waals surface area contributed by atoms with Crippen molar-refractivity contribution in [2.45, 2.75) is 19.3 Å². The van der Waals surface area contributed by atoms with Crippen LogP contribution in [0.5, 0.6) is 0 Å². The highest BCUT2D eigenvalue weighted by Gasteiger charge is 2.24. The summed E-state index contributed by atoms with van der Waals surface area (Å²) in [7, 11) is -3.82. The average Bonchev–Trinajstić information content (AvgIpc) is 3.16. The molecule has 0 radical (unpaired) electrons. The van der Waals surface area contributed by atoms with Crippen molar-refractivity contribution in [3.8, 4) is 0 Å². The summed E-state index contributed by atoms with van der Waals surface area (Å²) >= 11 is 0. The molecule has 1 saturated carbocycles. The molecule has 1 aliphatic carbocycles. The Balaban J connectivity index is 1.83. The molecule has 1 heterocycles. The van der Waals surface area contributed by atoms with Gasteiger partial charge in [-0.25, -0.2) is 21.6 Å². The molecular weight excluding hydrogens is 328 g/mol. The van der Waals surface area contributed by atoms with Crippen molar-refractivity contribution in [1.29, 1.82) is 0 Å². The fourth-order valence-corrected chi connectivity index (χ4v) is 4.48. The molecule has 0 bridgehead atoms. The fraction of sp³-hybridized carbons (Fsp3) is 0.750. The van der Waals surface area contributed by atoms with Crippen LogP contribution in [-0.2, 0) is 27.1 Å². The molecular formula is C12H22N4O4S2. The van der Waals surface area contributed by atoms with Crippen molar-refractivity contribution in [2.24, 2.45) is 13.0 Å². The van der Waals surface area contributed by atoms with Crippen LogP contribution < -0.4 is 9.03 Å². The first-order chi connectivity index (χ1) is 10.2. The zero-order valence-corrected chi connectivity index (χ0v) is 14.4. The molecule has 0 unspecified atom stereocenters. The van der Waals surface area contributed by atoms with Crippen LogP contribution in [0.15, 0.2) is 12.4 Å². The summed E-state index contributed by atoms with van der Waals surface area (Å²) in [5.74, 6) is 0.0537. The second-order valence-electron chi connectivity index (χ2n) is 5.62. The summed E-state index contributed by atoms with van der Waals surface area (Å²) in [4.78, 5) is 0. The monoisotopic (exact) mass is 350 g/mol. The van der Waals surface area contributed by atoms with E-state index in [0.717, 1.165) is 17.1 Å². The summed E-state index contributed by atoms with van der Waals surface area (Å²) in [6.07, 6.45) is 5.23. The second-order valence-corrected chi connectivity index (χ2v) is 9.67. The number of hydrogen-bond donors (Lipinski definition) is 1. The minimum absolute atomic E-state index is 0.0624. The number of aromatic nitrogens is 2. The van der Waals surface area contributed by atoms with Crippen molar-refractivity contribution in [3.63, 3.8) is 0 Å². The molecule has 8 nitrogen and oxygen atoms in total. The van der Waals surface area contributed by atoms with E-state index in [9.17, 15) is 16.8 Å². The molecule has 0 atom stereocenters. The third kappa shape index (κ3) is 4.96. The van der Waals surface area contributed by atoms with Crippen LogP contribution >= 0.6 is 0 Å². The van der Waals surface area contributed by atoms with Gasteiger partial charge in [-0.05, 0) is 25.2 Å². The van der Waals surface area contributed by atoms with Gasteiger partial charge >= 0.3 is 0 Å². The van der Waals surface area contributed by atoms with Gasteiger partial charge in [-0.1, -0.05) is 0 Å². The fourth-order valence-electron chi connectivity index (χ4n) is 1.94. The summed E-state index contributed by atoms with van der Waals surface area (Å²) in [5.41, 5.74) is 0.456. The van der Waals surface area contributed by atoms with Crippen molar-refractivity contribution in [1.82, 2.24) is 14.5 Å². The van der Waals surface area contributed by atoms with Gasteiger partial charge in [-0.15, -0.1) is 0 Å². The first kappa shape index (κ1) is 17.2. The molecule has 0 saturated heterocycles. The number of rotatable bonds is 9. The number of hydrogen-bond acceptors (Lipinski definition) is 5. The smallest absolute Gasteiger partial charge is 0.235 e. The minimum Gasteiger partial charge on any atom is -0.274 e. The zero-order valence-electron chi connectivity index (χ0n) is 12.8. The van der Waals surface area contributed by atoms with E-state index in [1.54, 1.807) is 13.2 Å². The molecule has 0 aromatic carbocycles. The van der Waals surface area contributed by atoms with Gasteiger partial charge in [0.1, 0.15) is 0 Å². The summed E-state index contributed by atoms with van der Waals surface area (Å²) in [6, 6.07) is 0. The predicted molar refractivity (Wildman–Crippen MR) is 84.5 cm³/mol. The number of sulfonamides is 2. The molecule has 2 rings (SSSR count). The lowest BCUT2D eigenvalue weighted by Gasteiger charge is -2.17. The van der Waals surface area contributed by atoms with Crippen molar-refractivity contribution in [3.05, 3.63) is 12.4 Å². The van der Waals surface area contributed by atoms with E-state index < -0.39 is 20.0 Å². The second kappa shape index (κ2) is 6.55. The molecule has 126 valence electrons. The highest BCUT2D eigenvalue weighted by atomic mass is 32.2. The van der Waals surface area contributed by atoms with Gasteiger partial charge in [-0.3, -0.25) is 8.99 Å². The Morgan fingerprint density at radius 1 is 1.32 bits per heavy atom. The van der Waals surface area contributed by atoms with Crippen LogP contribution in [0.4, 0.5) is 5.69 Å². The summed E-state index contributed by atoms with van der Waals surface area (Å²) in [6.45, 7) is 0.463. The van der Waals surface area contributed by atoms with Crippen LogP contribution in [0.2, 0.25) is 0 Å². The molecule has 0 spiro atoms. The molecule has 22 heavy (non-hydrogen) atoms. The molecule has 1 aromatic heterocycles. The third-order valence-corrected chi connectivity index (χ3v) is 6.86. The first-order valence-electron chi connectivity index (χ1n) is 7.12. The van der Waals surface area contributed by atoms with Crippen LogP contribution in [0, 0.1) is 5.92 Å². The van der Waals surface area contributed by atoms with Gasteiger partial charge < -0.3 is 0 Å². The zero-order chi connectivity index (χ0) is 16.4. The van der Waals surface area contributed by atoms with Crippen LogP contribution in [0.3, 0.4) is 0 Å². The molecule has 1 fully saturated rings. The number of nitrogens with zero attached hydrogens (tertiary/aromatic N) is 3. The van der Waals surface area contributed by atoms with Crippen molar-refractivity contribution in [2.75, 3.05) is 29.4 Å². The van der Waals surface area contributed by atoms with Gasteiger partial charge in [0.05, 0.1) is 23.4 Å². The lowest BCUT2D eigenvalue weighted by Crippen LogP contribution is -2.32. The Morgan fingerprint density at radius 3 is 2.55 bits per heavy atom. The van der Waals surface area contributed by atoms with E-state index in [0.29, 0.717) is 18.2 Å². The largest absolute Gasteiger partial charge is 0.274 e. The standard InChI is InChI=1S/C12H22N4O4S2/c1-15-10-12(9-13-15)16(2)22(19,20)7-3-6-21(17,18)14-8-11-4-5-11/h9-11,14H,3-8H2,1-2H3. The van der Waals surface area contributed by atoms with Gasteiger partial charge in [0.2, 0.25) is 20.0 Å². The highest BCUT2D eigenvalue weighted by Crippen LogP contribution is 2.27.